The van der Waals surface area contributed by atoms with Crippen LogP contribution in [0.4, 0.5) is 0 Å². The van der Waals surface area contributed by atoms with Gasteiger partial charge in [-0.1, -0.05) is 12.1 Å². The first kappa shape index (κ1) is 17.1. The lowest BCUT2D eigenvalue weighted by Crippen LogP contribution is -2.33. The number of nitrogens with zero attached hydrogens (tertiary/aromatic N) is 4. The van der Waals surface area contributed by atoms with E-state index in [1.54, 1.807) is 11.8 Å². The highest BCUT2D eigenvalue weighted by atomic mass is 32.2. The van der Waals surface area contributed by atoms with Crippen LogP contribution in [0.1, 0.15) is 36.7 Å². The van der Waals surface area contributed by atoms with Crippen molar-refractivity contribution in [2.24, 2.45) is 0 Å². The van der Waals surface area contributed by atoms with Gasteiger partial charge in [-0.25, -0.2) is 0 Å². The molecule has 2 aliphatic heterocycles. The molecule has 1 aromatic carbocycles. The Morgan fingerprint density at radius 2 is 1.96 bits per heavy atom. The van der Waals surface area contributed by atoms with Crippen LogP contribution in [0.3, 0.4) is 0 Å². The normalized spacial score (nSPS) is 21.6. The number of hydrogen-bond acceptors (Lipinski definition) is 4. The van der Waals surface area contributed by atoms with Crippen molar-refractivity contribution in [3.63, 3.8) is 0 Å². The van der Waals surface area contributed by atoms with Crippen molar-refractivity contribution in [3.05, 3.63) is 47.3 Å². The van der Waals surface area contributed by atoms with Gasteiger partial charge in [-0.2, -0.15) is 5.10 Å². The van der Waals surface area contributed by atoms with Crippen LogP contribution in [0, 0.1) is 0 Å². The Morgan fingerprint density at radius 1 is 1.12 bits per heavy atom. The van der Waals surface area contributed by atoms with E-state index in [1.165, 1.54) is 41.2 Å². The quantitative estimate of drug-likeness (QED) is 0.764. The molecule has 2 aliphatic rings. The van der Waals surface area contributed by atoms with E-state index in [0.717, 1.165) is 32.7 Å². The molecule has 134 valence electrons. The molecule has 1 fully saturated rings. The maximum Gasteiger partial charge on any atom is 0.0768 e. The second-order valence-electron chi connectivity index (χ2n) is 7.37. The predicted octanol–water partition coefficient (Wildman–Crippen LogP) is 3.61. The Kier molecular flexibility index (Phi) is 5.15. The highest BCUT2D eigenvalue weighted by molar-refractivity contribution is 7.98. The summed E-state index contributed by atoms with van der Waals surface area (Å²) >= 11 is 1.80. The van der Waals surface area contributed by atoms with Crippen molar-refractivity contribution in [1.29, 1.82) is 0 Å². The van der Waals surface area contributed by atoms with E-state index in [4.69, 9.17) is 5.10 Å². The summed E-state index contributed by atoms with van der Waals surface area (Å²) in [6.07, 6.45) is 4.79. The Morgan fingerprint density at radius 3 is 2.68 bits per heavy atom. The minimum atomic E-state index is 0.708. The molecular formula is C20H28N4S. The smallest absolute Gasteiger partial charge is 0.0768 e. The van der Waals surface area contributed by atoms with Crippen LogP contribution in [-0.4, -0.2) is 45.0 Å². The number of benzene rings is 1. The van der Waals surface area contributed by atoms with Gasteiger partial charge in [-0.15, -0.1) is 11.8 Å². The summed E-state index contributed by atoms with van der Waals surface area (Å²) in [5.74, 6) is 0. The zero-order valence-corrected chi connectivity index (χ0v) is 16.1. The molecular weight excluding hydrogens is 328 g/mol. The van der Waals surface area contributed by atoms with Crippen LogP contribution in [0.25, 0.3) is 0 Å². The molecule has 2 aromatic rings. The van der Waals surface area contributed by atoms with Gasteiger partial charge in [0.25, 0.3) is 0 Å². The summed E-state index contributed by atoms with van der Waals surface area (Å²) in [7, 11) is 0. The van der Waals surface area contributed by atoms with Gasteiger partial charge < -0.3 is 0 Å². The molecule has 1 aromatic heterocycles. The Labute approximate surface area is 155 Å². The largest absolute Gasteiger partial charge is 0.295 e. The molecule has 4 nitrogen and oxygen atoms in total. The molecule has 1 unspecified atom stereocenters. The molecule has 5 heteroatoms. The molecule has 0 amide bonds. The second-order valence-corrected chi connectivity index (χ2v) is 8.25. The van der Waals surface area contributed by atoms with Crippen molar-refractivity contribution in [1.82, 2.24) is 19.6 Å². The maximum atomic E-state index is 4.86. The zero-order chi connectivity index (χ0) is 17.2. The molecule has 0 saturated carbocycles. The highest BCUT2D eigenvalue weighted by Gasteiger charge is 2.23. The standard InChI is InChI=1S/C20H28N4S/c1-16-4-3-9-23(16)14-18-12-19-15-22(10-11-24(19)21-18)13-17-5-7-20(25-2)8-6-17/h5-8,12,16H,3-4,9-11,13-15H2,1-2H3. The van der Waals surface area contributed by atoms with Crippen molar-refractivity contribution in [2.75, 3.05) is 19.3 Å². The third-order valence-corrected chi connectivity index (χ3v) is 6.29. The van der Waals surface area contributed by atoms with Crippen molar-refractivity contribution < 1.29 is 0 Å². The lowest BCUT2D eigenvalue weighted by Gasteiger charge is -2.27. The minimum absolute atomic E-state index is 0.708. The van der Waals surface area contributed by atoms with Gasteiger partial charge in [0.1, 0.15) is 0 Å². The van der Waals surface area contributed by atoms with Gasteiger partial charge in [0.15, 0.2) is 0 Å². The SMILES string of the molecule is CSc1ccc(CN2CCn3nc(CN4CCCC4C)cc3C2)cc1. The summed E-state index contributed by atoms with van der Waals surface area (Å²) in [6.45, 7) is 8.70. The lowest BCUT2D eigenvalue weighted by molar-refractivity contribution is 0.204. The highest BCUT2D eigenvalue weighted by Crippen LogP contribution is 2.22. The third-order valence-electron chi connectivity index (χ3n) is 5.55. The summed E-state index contributed by atoms with van der Waals surface area (Å²) in [5.41, 5.74) is 4.01. The van der Waals surface area contributed by atoms with Gasteiger partial charge >= 0.3 is 0 Å². The fourth-order valence-corrected chi connectivity index (χ4v) is 4.43. The maximum absolute atomic E-state index is 4.86. The van der Waals surface area contributed by atoms with Crippen LogP contribution in [0.15, 0.2) is 35.2 Å². The Bertz CT molecular complexity index is 709. The van der Waals surface area contributed by atoms with Crippen LogP contribution < -0.4 is 0 Å². The van der Waals surface area contributed by atoms with E-state index in [-0.39, 0.29) is 0 Å². The van der Waals surface area contributed by atoms with Crippen LogP contribution >= 0.6 is 11.8 Å². The Hall–Kier alpha value is -1.30. The molecule has 0 spiro atoms. The van der Waals surface area contributed by atoms with E-state index in [0.29, 0.717) is 6.04 Å². The summed E-state index contributed by atoms with van der Waals surface area (Å²) in [6, 6.07) is 12.0. The first-order valence-corrected chi connectivity index (χ1v) is 10.6. The number of aromatic nitrogens is 2. The van der Waals surface area contributed by atoms with Gasteiger partial charge in [-0.3, -0.25) is 14.5 Å². The van der Waals surface area contributed by atoms with Crippen molar-refractivity contribution in [3.8, 4) is 0 Å². The average Bonchev–Trinajstić information content (AvgIpc) is 3.21. The van der Waals surface area contributed by atoms with Crippen molar-refractivity contribution >= 4 is 11.8 Å². The number of rotatable bonds is 5. The molecule has 4 rings (SSSR count). The second kappa shape index (κ2) is 7.52. The summed E-state index contributed by atoms with van der Waals surface area (Å²) < 4.78 is 2.23. The lowest BCUT2D eigenvalue weighted by atomic mass is 10.2. The van der Waals surface area contributed by atoms with Crippen molar-refractivity contribution in [2.45, 2.75) is 56.9 Å². The van der Waals surface area contributed by atoms with E-state index in [1.807, 2.05) is 0 Å². The van der Waals surface area contributed by atoms with Crippen LogP contribution in [-0.2, 0) is 26.2 Å². The van der Waals surface area contributed by atoms with E-state index >= 15 is 0 Å². The number of thioether (sulfide) groups is 1. The molecule has 3 heterocycles. The summed E-state index contributed by atoms with van der Waals surface area (Å²) in [4.78, 5) is 6.44. The van der Waals surface area contributed by atoms with Crippen LogP contribution in [0.2, 0.25) is 0 Å². The number of hydrogen-bond donors (Lipinski definition) is 0. The fourth-order valence-electron chi connectivity index (χ4n) is 4.02. The fraction of sp³-hybridized carbons (Fsp3) is 0.550. The monoisotopic (exact) mass is 356 g/mol. The predicted molar refractivity (Wildman–Crippen MR) is 104 cm³/mol. The topological polar surface area (TPSA) is 24.3 Å². The summed E-state index contributed by atoms with van der Waals surface area (Å²) in [5, 5.41) is 4.86. The molecule has 0 radical (unpaired) electrons. The first-order chi connectivity index (χ1) is 12.2. The number of likely N-dealkylation sites (tertiary alicyclic amines) is 1. The van der Waals surface area contributed by atoms with Gasteiger partial charge in [0.2, 0.25) is 0 Å². The molecule has 1 saturated heterocycles. The number of fused-ring (bicyclic) bond motifs is 1. The zero-order valence-electron chi connectivity index (χ0n) is 15.3. The molecule has 25 heavy (non-hydrogen) atoms. The van der Waals surface area contributed by atoms with Gasteiger partial charge in [0.05, 0.1) is 17.9 Å². The van der Waals surface area contributed by atoms with E-state index in [2.05, 4.69) is 58.0 Å². The molecule has 0 N–H and O–H groups in total. The molecule has 1 atom stereocenters. The first-order valence-electron chi connectivity index (χ1n) is 9.36. The van der Waals surface area contributed by atoms with Crippen LogP contribution in [0.5, 0.6) is 0 Å². The molecule has 0 bridgehead atoms. The Balaban J connectivity index is 1.38. The minimum Gasteiger partial charge on any atom is -0.295 e. The third kappa shape index (κ3) is 3.94. The average molecular weight is 357 g/mol. The van der Waals surface area contributed by atoms with Gasteiger partial charge in [0, 0.05) is 37.1 Å². The van der Waals surface area contributed by atoms with Gasteiger partial charge in [-0.05, 0) is 56.3 Å². The van der Waals surface area contributed by atoms with E-state index < -0.39 is 0 Å². The molecule has 0 aliphatic carbocycles. The van der Waals surface area contributed by atoms with E-state index in [9.17, 15) is 0 Å².